The molecule has 1 amide bonds. The molecular formula is C20H21NO3. The van der Waals surface area contributed by atoms with Crippen LogP contribution in [0.25, 0.3) is 6.08 Å². The summed E-state index contributed by atoms with van der Waals surface area (Å²) in [5.41, 5.74) is 6.03. The molecule has 0 aromatic heterocycles. The monoisotopic (exact) mass is 323 g/mol. The normalized spacial score (nSPS) is 10.6. The van der Waals surface area contributed by atoms with E-state index in [1.165, 1.54) is 17.2 Å². The van der Waals surface area contributed by atoms with Crippen molar-refractivity contribution in [2.24, 2.45) is 0 Å². The minimum Gasteiger partial charge on any atom is -0.335 e. The van der Waals surface area contributed by atoms with Crippen molar-refractivity contribution in [3.05, 3.63) is 76.9 Å². The van der Waals surface area contributed by atoms with E-state index >= 15 is 0 Å². The van der Waals surface area contributed by atoms with Crippen molar-refractivity contribution in [3.63, 3.8) is 0 Å². The zero-order chi connectivity index (χ0) is 17.4. The van der Waals surface area contributed by atoms with Crippen LogP contribution in [-0.2, 0) is 22.5 Å². The van der Waals surface area contributed by atoms with Crippen molar-refractivity contribution in [1.82, 2.24) is 5.48 Å². The van der Waals surface area contributed by atoms with Crippen LogP contribution < -0.4 is 5.48 Å². The third kappa shape index (κ3) is 4.81. The van der Waals surface area contributed by atoms with E-state index in [1.807, 2.05) is 6.07 Å². The summed E-state index contributed by atoms with van der Waals surface area (Å²) in [5.74, 6) is -1.09. The van der Waals surface area contributed by atoms with Crippen LogP contribution in [0, 0.1) is 0 Å². The van der Waals surface area contributed by atoms with Gasteiger partial charge < -0.3 is 4.84 Å². The molecule has 0 atom stereocenters. The fourth-order valence-corrected chi connectivity index (χ4v) is 2.36. The predicted molar refractivity (Wildman–Crippen MR) is 94.2 cm³/mol. The summed E-state index contributed by atoms with van der Waals surface area (Å²) < 4.78 is 0. The fraction of sp³-hybridized carbons (Fsp3) is 0.200. The Morgan fingerprint density at radius 2 is 1.71 bits per heavy atom. The van der Waals surface area contributed by atoms with Crippen LogP contribution in [0.3, 0.4) is 0 Å². The topological polar surface area (TPSA) is 55.4 Å². The average molecular weight is 323 g/mol. The number of amides is 1. The summed E-state index contributed by atoms with van der Waals surface area (Å²) in [7, 11) is 0. The number of hydroxylamine groups is 1. The van der Waals surface area contributed by atoms with Gasteiger partial charge in [-0.05, 0) is 47.7 Å². The lowest BCUT2D eigenvalue weighted by Crippen LogP contribution is -2.25. The lowest BCUT2D eigenvalue weighted by atomic mass is 10.00. The van der Waals surface area contributed by atoms with Crippen LogP contribution in [0.2, 0.25) is 0 Å². The Morgan fingerprint density at radius 3 is 2.38 bits per heavy atom. The van der Waals surface area contributed by atoms with Gasteiger partial charge in [0.05, 0.1) is 5.56 Å². The van der Waals surface area contributed by atoms with Gasteiger partial charge >= 0.3 is 5.97 Å². The molecule has 0 spiro atoms. The highest BCUT2D eigenvalue weighted by molar-refractivity contribution is 5.94. The third-order valence-corrected chi connectivity index (χ3v) is 3.67. The van der Waals surface area contributed by atoms with E-state index in [-0.39, 0.29) is 0 Å². The Hall–Kier alpha value is -2.88. The molecule has 0 saturated carbocycles. The molecular weight excluding hydrogens is 302 g/mol. The highest BCUT2D eigenvalue weighted by atomic mass is 16.7. The number of carbonyl (C=O) groups excluding carboxylic acids is 2. The van der Waals surface area contributed by atoms with E-state index in [0.29, 0.717) is 5.56 Å². The van der Waals surface area contributed by atoms with Crippen LogP contribution in [0.5, 0.6) is 0 Å². The quantitative estimate of drug-likeness (QED) is 0.674. The van der Waals surface area contributed by atoms with Gasteiger partial charge in [-0.15, -0.1) is 0 Å². The molecule has 0 saturated heterocycles. The molecule has 4 heteroatoms. The van der Waals surface area contributed by atoms with Gasteiger partial charge in [0.1, 0.15) is 0 Å². The van der Waals surface area contributed by atoms with E-state index in [0.717, 1.165) is 18.4 Å². The molecule has 0 unspecified atom stereocenters. The number of hydrogen-bond acceptors (Lipinski definition) is 3. The number of aryl methyl sites for hydroxylation is 2. The number of carbonyl (C=O) groups is 2. The van der Waals surface area contributed by atoms with Gasteiger partial charge in [0, 0.05) is 6.08 Å². The van der Waals surface area contributed by atoms with Crippen molar-refractivity contribution in [3.8, 4) is 0 Å². The van der Waals surface area contributed by atoms with Crippen molar-refractivity contribution in [2.45, 2.75) is 26.7 Å². The minimum atomic E-state index is -0.599. The van der Waals surface area contributed by atoms with Crippen LogP contribution in [0.15, 0.2) is 54.6 Å². The predicted octanol–water partition coefficient (Wildman–Crippen LogP) is 3.71. The van der Waals surface area contributed by atoms with Crippen molar-refractivity contribution in [1.29, 1.82) is 0 Å². The van der Waals surface area contributed by atoms with Crippen LogP contribution >= 0.6 is 0 Å². The number of rotatable bonds is 5. The second-order valence-corrected chi connectivity index (χ2v) is 5.29. The summed E-state index contributed by atoms with van der Waals surface area (Å²) in [6, 6.07) is 14.6. The van der Waals surface area contributed by atoms with E-state index in [1.54, 1.807) is 36.4 Å². The van der Waals surface area contributed by atoms with E-state index < -0.39 is 11.9 Å². The molecule has 2 rings (SSSR count). The SMILES string of the molecule is CCc1ccc(C=CC(=O)NOC(=O)c2ccccc2)cc1CC. The van der Waals surface area contributed by atoms with Gasteiger partial charge in [0.2, 0.25) is 0 Å². The maximum Gasteiger partial charge on any atom is 0.362 e. The van der Waals surface area contributed by atoms with E-state index in [9.17, 15) is 9.59 Å². The van der Waals surface area contributed by atoms with Gasteiger partial charge in [-0.3, -0.25) is 4.79 Å². The Kier molecular flexibility index (Phi) is 6.32. The molecule has 2 aromatic carbocycles. The third-order valence-electron chi connectivity index (χ3n) is 3.67. The molecule has 1 N–H and O–H groups in total. The second kappa shape index (κ2) is 8.67. The first-order chi connectivity index (χ1) is 11.6. The Bertz CT molecular complexity index is 736. The lowest BCUT2D eigenvalue weighted by Gasteiger charge is -2.06. The molecule has 0 aliphatic rings. The molecule has 0 fully saturated rings. The maximum absolute atomic E-state index is 11.8. The molecule has 4 nitrogen and oxygen atoms in total. The van der Waals surface area contributed by atoms with E-state index in [2.05, 4.69) is 31.5 Å². The van der Waals surface area contributed by atoms with Gasteiger partial charge in [-0.25, -0.2) is 4.79 Å². The first-order valence-corrected chi connectivity index (χ1v) is 8.00. The van der Waals surface area contributed by atoms with Crippen LogP contribution in [-0.4, -0.2) is 11.9 Å². The Balaban J connectivity index is 1.92. The van der Waals surface area contributed by atoms with Gasteiger partial charge in [-0.2, -0.15) is 5.48 Å². The van der Waals surface area contributed by atoms with Gasteiger partial charge in [0.25, 0.3) is 5.91 Å². The molecule has 0 aliphatic heterocycles. The molecule has 0 bridgehead atoms. The number of nitrogens with one attached hydrogen (secondary N) is 1. The lowest BCUT2D eigenvalue weighted by molar-refractivity contribution is -0.124. The van der Waals surface area contributed by atoms with Gasteiger partial charge in [-0.1, -0.05) is 50.2 Å². The Labute approximate surface area is 142 Å². The summed E-state index contributed by atoms with van der Waals surface area (Å²) in [4.78, 5) is 28.2. The maximum atomic E-state index is 11.8. The largest absolute Gasteiger partial charge is 0.362 e. The summed E-state index contributed by atoms with van der Waals surface area (Å²) in [6.07, 6.45) is 4.98. The molecule has 0 aliphatic carbocycles. The van der Waals surface area contributed by atoms with E-state index in [4.69, 9.17) is 4.84 Å². The van der Waals surface area contributed by atoms with Crippen LogP contribution in [0.4, 0.5) is 0 Å². The first kappa shape index (κ1) is 17.5. The highest BCUT2D eigenvalue weighted by Crippen LogP contribution is 2.14. The molecule has 24 heavy (non-hydrogen) atoms. The molecule has 0 radical (unpaired) electrons. The standard InChI is InChI=1S/C20H21NO3/c1-3-16-12-10-15(14-17(16)4-2)11-13-19(22)21-24-20(23)18-8-6-5-7-9-18/h5-14H,3-4H2,1-2H3,(H,21,22). The summed E-state index contributed by atoms with van der Waals surface area (Å²) in [5, 5.41) is 0. The highest BCUT2D eigenvalue weighted by Gasteiger charge is 2.07. The smallest absolute Gasteiger partial charge is 0.335 e. The Morgan fingerprint density at radius 1 is 1.00 bits per heavy atom. The van der Waals surface area contributed by atoms with Crippen molar-refractivity contribution in [2.75, 3.05) is 0 Å². The summed E-state index contributed by atoms with van der Waals surface area (Å²) in [6.45, 7) is 4.23. The zero-order valence-electron chi connectivity index (χ0n) is 13.9. The molecule has 0 heterocycles. The van der Waals surface area contributed by atoms with Crippen LogP contribution in [0.1, 0.15) is 40.9 Å². The first-order valence-electron chi connectivity index (χ1n) is 8.00. The van der Waals surface area contributed by atoms with Crippen molar-refractivity contribution < 1.29 is 14.4 Å². The zero-order valence-corrected chi connectivity index (χ0v) is 13.9. The number of benzene rings is 2. The van der Waals surface area contributed by atoms with Crippen molar-refractivity contribution >= 4 is 18.0 Å². The average Bonchev–Trinajstić information content (AvgIpc) is 2.64. The fourth-order valence-electron chi connectivity index (χ4n) is 2.36. The molecule has 124 valence electrons. The summed E-state index contributed by atoms with van der Waals surface area (Å²) >= 11 is 0. The molecule has 2 aromatic rings. The van der Waals surface area contributed by atoms with Gasteiger partial charge in [0.15, 0.2) is 0 Å². The minimum absolute atomic E-state index is 0.379. The second-order valence-electron chi connectivity index (χ2n) is 5.29. The number of hydrogen-bond donors (Lipinski definition) is 1.